The molecule has 0 aromatic heterocycles. The monoisotopic (exact) mass is 112 g/mol. The van der Waals surface area contributed by atoms with Crippen molar-refractivity contribution in [1.29, 1.82) is 0 Å². The second kappa shape index (κ2) is 51.7. The van der Waals surface area contributed by atoms with Gasteiger partial charge in [0, 0.05) is 17.4 Å². The minimum Gasteiger partial charge on any atom is -0.307 e. The Hall–Kier alpha value is 0.735. The summed E-state index contributed by atoms with van der Waals surface area (Å²) in [6, 6.07) is 0. The summed E-state index contributed by atoms with van der Waals surface area (Å²) in [6.07, 6.45) is 0. The quantitative estimate of drug-likeness (QED) is 0.353. The van der Waals surface area contributed by atoms with Gasteiger partial charge in [-0.3, -0.25) is 0 Å². The molecule has 24 valence electrons. The molecule has 0 unspecified atom stereocenters. The van der Waals surface area contributed by atoms with E-state index in [4.69, 9.17) is 4.79 Å². The van der Waals surface area contributed by atoms with Crippen molar-refractivity contribution in [1.82, 2.24) is 0 Å². The van der Waals surface area contributed by atoms with Gasteiger partial charge in [-0.15, -0.1) is 0 Å². The predicted molar refractivity (Wildman–Crippen MR) is 17.1 cm³/mol. The summed E-state index contributed by atoms with van der Waals surface area (Å²) in [4.78, 5) is 8.00. The molecule has 0 aromatic carbocycles. The van der Waals surface area contributed by atoms with Crippen LogP contribution >= 0.6 is 0 Å². The van der Waals surface area contributed by atoms with Gasteiger partial charge in [-0.1, -0.05) is 0 Å². The van der Waals surface area contributed by atoms with Crippen LogP contribution in [0.1, 0.15) is 0 Å². The summed E-state index contributed by atoms with van der Waals surface area (Å²) in [5.41, 5.74) is 0. The number of hydrogen-bond acceptors (Lipinski definition) is 1. The number of hydrogen-bond donors (Lipinski definition) is 0. The summed E-state index contributed by atoms with van der Waals surface area (Å²) >= 11 is 0. The molecule has 0 saturated heterocycles. The Balaban J connectivity index is -0.00000000500. The zero-order valence-corrected chi connectivity index (χ0v) is 2.80. The molecule has 0 rings (SSSR count). The van der Waals surface area contributed by atoms with E-state index < -0.39 is 0 Å². The summed E-state index contributed by atoms with van der Waals surface area (Å²) in [5.74, 6) is 0. The van der Waals surface area contributed by atoms with Crippen LogP contribution in [0.4, 0.5) is 0 Å². The molecule has 0 aromatic rings. The SMILES string of the molecule is C=O.[AlH3].[Cr]. The van der Waals surface area contributed by atoms with Crippen LogP contribution in [0.15, 0.2) is 0 Å². The van der Waals surface area contributed by atoms with Gasteiger partial charge in [-0.25, -0.2) is 0 Å². The number of carbonyl (C=O) groups excluding carboxylic acids is 1. The summed E-state index contributed by atoms with van der Waals surface area (Å²) in [6.45, 7) is 2.00. The van der Waals surface area contributed by atoms with E-state index in [0.29, 0.717) is 0 Å². The van der Waals surface area contributed by atoms with Crippen molar-refractivity contribution in [2.24, 2.45) is 0 Å². The average molecular weight is 112 g/mol. The maximum Gasteiger partial charge on any atom is 0.187 e. The van der Waals surface area contributed by atoms with Crippen molar-refractivity contribution in [2.75, 3.05) is 0 Å². The summed E-state index contributed by atoms with van der Waals surface area (Å²) in [7, 11) is 0. The zero-order chi connectivity index (χ0) is 2.00. The first-order valence-corrected chi connectivity index (χ1v) is 0.289. The van der Waals surface area contributed by atoms with Gasteiger partial charge in [-0.05, 0) is 0 Å². The third kappa shape index (κ3) is 15.2. The van der Waals surface area contributed by atoms with E-state index in [1.807, 2.05) is 6.79 Å². The van der Waals surface area contributed by atoms with Crippen LogP contribution in [0.2, 0.25) is 0 Å². The molecule has 0 amide bonds. The Kier molecular flexibility index (Phi) is 284. The minimum atomic E-state index is 0. The van der Waals surface area contributed by atoms with Crippen molar-refractivity contribution >= 4 is 24.2 Å². The topological polar surface area (TPSA) is 17.1 Å². The smallest absolute Gasteiger partial charge is 0.187 e. The van der Waals surface area contributed by atoms with Crippen LogP contribution in [-0.2, 0) is 22.2 Å². The molecule has 0 aliphatic carbocycles. The van der Waals surface area contributed by atoms with Gasteiger partial charge in [0.1, 0.15) is 6.79 Å². The van der Waals surface area contributed by atoms with E-state index in [9.17, 15) is 0 Å². The molecule has 0 aliphatic rings. The third-order valence-electron chi connectivity index (χ3n) is 0. The first kappa shape index (κ1) is 21.9. The molecule has 0 bridgehead atoms. The van der Waals surface area contributed by atoms with Gasteiger partial charge in [-0.2, -0.15) is 0 Å². The Morgan fingerprint density at radius 2 is 1.25 bits per heavy atom. The van der Waals surface area contributed by atoms with Crippen LogP contribution in [0.3, 0.4) is 0 Å². The van der Waals surface area contributed by atoms with Crippen molar-refractivity contribution in [3.8, 4) is 0 Å². The summed E-state index contributed by atoms with van der Waals surface area (Å²) in [5, 5.41) is 0. The fourth-order valence-corrected chi connectivity index (χ4v) is 0. The molecule has 0 aliphatic heterocycles. The first-order chi connectivity index (χ1) is 1.00. The molecule has 0 N–H and O–H groups in total. The standard InChI is InChI=1S/CH2O.Al.Cr.3H/c1-2;;;;;/h1H2;;;;;. The third-order valence-corrected chi connectivity index (χ3v) is 0. The Bertz CT molecular complexity index is 8.00. The molecule has 0 radical (unpaired) electrons. The van der Waals surface area contributed by atoms with Crippen LogP contribution in [-0.4, -0.2) is 24.2 Å². The molecule has 3 heteroatoms. The molecule has 0 atom stereocenters. The van der Waals surface area contributed by atoms with E-state index in [1.165, 1.54) is 0 Å². The molecular formula is CH5AlCrO. The van der Waals surface area contributed by atoms with Crippen LogP contribution in [0.25, 0.3) is 0 Å². The van der Waals surface area contributed by atoms with Crippen LogP contribution in [0, 0.1) is 0 Å². The zero-order valence-electron chi connectivity index (χ0n) is 1.52. The van der Waals surface area contributed by atoms with Crippen LogP contribution in [0.5, 0.6) is 0 Å². The minimum absolute atomic E-state index is 0. The molecule has 0 fully saturated rings. The van der Waals surface area contributed by atoms with E-state index in [1.54, 1.807) is 0 Å². The number of rotatable bonds is 0. The van der Waals surface area contributed by atoms with E-state index in [0.717, 1.165) is 0 Å². The van der Waals surface area contributed by atoms with Gasteiger partial charge in [0.2, 0.25) is 0 Å². The largest absolute Gasteiger partial charge is 0.307 e. The van der Waals surface area contributed by atoms with Crippen molar-refractivity contribution in [3.05, 3.63) is 0 Å². The average Bonchev–Trinajstić information content (AvgIpc) is 1.00. The van der Waals surface area contributed by atoms with Crippen molar-refractivity contribution in [2.45, 2.75) is 0 Å². The molecule has 1 nitrogen and oxygen atoms in total. The van der Waals surface area contributed by atoms with Gasteiger partial charge < -0.3 is 4.79 Å². The van der Waals surface area contributed by atoms with Crippen LogP contribution < -0.4 is 0 Å². The van der Waals surface area contributed by atoms with Gasteiger partial charge in [0.25, 0.3) is 0 Å². The van der Waals surface area contributed by atoms with Gasteiger partial charge >= 0.3 is 0 Å². The fraction of sp³-hybridized carbons (Fsp3) is 0. The fourth-order valence-electron chi connectivity index (χ4n) is 0. The van der Waals surface area contributed by atoms with E-state index >= 15 is 0 Å². The van der Waals surface area contributed by atoms with Crippen molar-refractivity contribution < 1.29 is 22.2 Å². The van der Waals surface area contributed by atoms with E-state index in [-0.39, 0.29) is 34.7 Å². The summed E-state index contributed by atoms with van der Waals surface area (Å²) < 4.78 is 0. The second-order valence-electron chi connectivity index (χ2n) is 0. The predicted octanol–water partition coefficient (Wildman–Crippen LogP) is -1.37. The Labute approximate surface area is 46.6 Å². The van der Waals surface area contributed by atoms with Gasteiger partial charge in [0.15, 0.2) is 17.4 Å². The number of carbonyl (C=O) groups is 1. The molecule has 4 heavy (non-hydrogen) atoms. The van der Waals surface area contributed by atoms with Crippen molar-refractivity contribution in [3.63, 3.8) is 0 Å². The maximum absolute atomic E-state index is 8.00. The van der Waals surface area contributed by atoms with Gasteiger partial charge in [0.05, 0.1) is 0 Å². The molecule has 0 heterocycles. The molecule has 0 spiro atoms. The molecular weight excluding hydrogens is 107 g/mol. The second-order valence-corrected chi connectivity index (χ2v) is 0. The normalized spacial score (nSPS) is 1.00. The first-order valence-electron chi connectivity index (χ1n) is 0.289. The Morgan fingerprint density at radius 3 is 1.25 bits per heavy atom. The maximum atomic E-state index is 8.00. The molecule has 0 saturated carbocycles. The Morgan fingerprint density at radius 1 is 1.25 bits per heavy atom. The van der Waals surface area contributed by atoms with E-state index in [2.05, 4.69) is 0 Å².